The number of nitrogens with one attached hydrogen (secondary N) is 2. The number of aromatic nitrogens is 2. The lowest BCUT2D eigenvalue weighted by molar-refractivity contribution is 0.0905. The number of carbonyl (C=O) groups excluding carboxylic acids is 1. The highest BCUT2D eigenvalue weighted by atomic mass is 16.3. The zero-order valence-corrected chi connectivity index (χ0v) is 11.3. The zero-order chi connectivity index (χ0) is 13.8. The number of nitrogens with two attached hydrogens (primary N) is 1. The van der Waals surface area contributed by atoms with Crippen LogP contribution in [-0.2, 0) is 0 Å². The average Bonchev–Trinajstić information content (AvgIpc) is 2.77. The van der Waals surface area contributed by atoms with Gasteiger partial charge < -0.3 is 16.2 Å². The summed E-state index contributed by atoms with van der Waals surface area (Å²) in [7, 11) is 0. The molecule has 106 valence electrons. The number of aliphatic hydroxyl groups excluding tert-OH is 1. The van der Waals surface area contributed by atoms with Gasteiger partial charge in [-0.3, -0.25) is 9.89 Å². The first-order valence-corrected chi connectivity index (χ1v) is 6.83. The zero-order valence-electron chi connectivity index (χ0n) is 11.3. The molecule has 2 atom stereocenters. The lowest BCUT2D eigenvalue weighted by Gasteiger charge is -2.30. The molecule has 1 fully saturated rings. The topological polar surface area (TPSA) is 104 Å². The van der Waals surface area contributed by atoms with Crippen LogP contribution >= 0.6 is 0 Å². The molecule has 19 heavy (non-hydrogen) atoms. The molecule has 2 unspecified atom stereocenters. The van der Waals surface area contributed by atoms with Gasteiger partial charge in [0.25, 0.3) is 5.91 Å². The number of rotatable bonds is 4. The van der Waals surface area contributed by atoms with E-state index in [-0.39, 0.29) is 18.2 Å². The van der Waals surface area contributed by atoms with Crippen molar-refractivity contribution in [2.75, 3.05) is 18.9 Å². The highest BCUT2D eigenvalue weighted by molar-refractivity contribution is 5.97. The summed E-state index contributed by atoms with van der Waals surface area (Å²) in [6, 6.07) is 0. The molecule has 1 heterocycles. The van der Waals surface area contributed by atoms with Crippen LogP contribution in [0.25, 0.3) is 0 Å². The first kappa shape index (κ1) is 13.9. The van der Waals surface area contributed by atoms with Gasteiger partial charge in [0.15, 0.2) is 5.69 Å². The lowest BCUT2D eigenvalue weighted by Crippen LogP contribution is -2.35. The summed E-state index contributed by atoms with van der Waals surface area (Å²) >= 11 is 0. The van der Waals surface area contributed by atoms with Crippen molar-refractivity contribution in [2.24, 2.45) is 11.8 Å². The van der Waals surface area contributed by atoms with Gasteiger partial charge in [-0.2, -0.15) is 5.10 Å². The number of nitrogens with zero attached hydrogens (tertiary/aromatic N) is 1. The van der Waals surface area contributed by atoms with Crippen LogP contribution in [0.15, 0.2) is 0 Å². The Morgan fingerprint density at radius 1 is 1.47 bits per heavy atom. The van der Waals surface area contributed by atoms with E-state index in [4.69, 9.17) is 5.73 Å². The minimum absolute atomic E-state index is 0.199. The molecule has 1 saturated carbocycles. The van der Waals surface area contributed by atoms with Crippen LogP contribution < -0.4 is 11.1 Å². The van der Waals surface area contributed by atoms with E-state index >= 15 is 0 Å². The monoisotopic (exact) mass is 266 g/mol. The molecule has 6 heteroatoms. The third-order valence-electron chi connectivity index (χ3n) is 4.04. The van der Waals surface area contributed by atoms with E-state index in [1.165, 1.54) is 12.8 Å². The fourth-order valence-corrected chi connectivity index (χ4v) is 2.71. The number of anilines is 1. The standard InChI is InChI=1S/C13H22N4O2/c1-8-11(14)12(17-16-8)13(19)15-6-9-4-2-3-5-10(9)7-18/h9-10,18H,2-7,14H2,1H3,(H,15,19)(H,16,17). The van der Waals surface area contributed by atoms with E-state index in [0.29, 0.717) is 29.8 Å². The van der Waals surface area contributed by atoms with Gasteiger partial charge >= 0.3 is 0 Å². The SMILES string of the molecule is Cc1[nH]nc(C(=O)NCC2CCCCC2CO)c1N. The minimum Gasteiger partial charge on any atom is -0.396 e. The third-order valence-corrected chi connectivity index (χ3v) is 4.04. The van der Waals surface area contributed by atoms with Crippen molar-refractivity contribution in [3.05, 3.63) is 11.4 Å². The third kappa shape index (κ3) is 3.07. The average molecular weight is 266 g/mol. The molecule has 6 nitrogen and oxygen atoms in total. The molecule has 1 aliphatic rings. The number of carbonyl (C=O) groups is 1. The van der Waals surface area contributed by atoms with Crippen LogP contribution in [0.1, 0.15) is 41.9 Å². The van der Waals surface area contributed by atoms with Crippen molar-refractivity contribution < 1.29 is 9.90 Å². The first-order valence-electron chi connectivity index (χ1n) is 6.83. The number of aliphatic hydroxyl groups is 1. The number of aryl methyl sites for hydroxylation is 1. The van der Waals surface area contributed by atoms with Crippen molar-refractivity contribution in [1.82, 2.24) is 15.5 Å². The van der Waals surface area contributed by atoms with Crippen LogP contribution in [0.2, 0.25) is 0 Å². The molecule has 1 aliphatic carbocycles. The Balaban J connectivity index is 1.91. The second-order valence-electron chi connectivity index (χ2n) is 5.31. The molecule has 0 bridgehead atoms. The van der Waals surface area contributed by atoms with E-state index in [2.05, 4.69) is 15.5 Å². The van der Waals surface area contributed by atoms with Crippen molar-refractivity contribution >= 4 is 11.6 Å². The Morgan fingerprint density at radius 3 is 2.74 bits per heavy atom. The Bertz CT molecular complexity index is 444. The smallest absolute Gasteiger partial charge is 0.273 e. The van der Waals surface area contributed by atoms with Gasteiger partial charge in [0.1, 0.15) is 0 Å². The molecule has 1 aromatic rings. The summed E-state index contributed by atoms with van der Waals surface area (Å²) in [5, 5.41) is 18.8. The van der Waals surface area contributed by atoms with Gasteiger partial charge in [-0.05, 0) is 31.6 Å². The normalized spacial score (nSPS) is 23.3. The maximum Gasteiger partial charge on any atom is 0.273 e. The number of aromatic amines is 1. The molecule has 2 rings (SSSR count). The number of nitrogen functional groups attached to an aromatic ring is 1. The van der Waals surface area contributed by atoms with Crippen LogP contribution in [0.3, 0.4) is 0 Å². The molecule has 0 aromatic carbocycles. The highest BCUT2D eigenvalue weighted by Crippen LogP contribution is 2.29. The largest absolute Gasteiger partial charge is 0.396 e. The van der Waals surface area contributed by atoms with E-state index in [0.717, 1.165) is 12.8 Å². The number of hydrogen-bond donors (Lipinski definition) is 4. The Morgan fingerprint density at radius 2 is 2.16 bits per heavy atom. The summed E-state index contributed by atoms with van der Waals surface area (Å²) in [5.74, 6) is 0.403. The highest BCUT2D eigenvalue weighted by Gasteiger charge is 2.25. The molecule has 0 aliphatic heterocycles. The summed E-state index contributed by atoms with van der Waals surface area (Å²) in [6.45, 7) is 2.56. The molecular formula is C13H22N4O2. The number of amides is 1. The minimum atomic E-state index is -0.246. The van der Waals surface area contributed by atoms with Crippen molar-refractivity contribution in [1.29, 1.82) is 0 Å². The Kier molecular flexibility index (Phi) is 4.42. The first-order chi connectivity index (χ1) is 9.13. The quantitative estimate of drug-likeness (QED) is 0.648. The predicted molar refractivity (Wildman–Crippen MR) is 72.6 cm³/mol. The van der Waals surface area contributed by atoms with Crippen LogP contribution in [0.5, 0.6) is 0 Å². The molecule has 0 radical (unpaired) electrons. The van der Waals surface area contributed by atoms with Crippen molar-refractivity contribution in [2.45, 2.75) is 32.6 Å². The summed E-state index contributed by atoms with van der Waals surface area (Å²) in [6.07, 6.45) is 4.43. The molecule has 1 aromatic heterocycles. The van der Waals surface area contributed by atoms with Gasteiger partial charge in [0.05, 0.1) is 11.4 Å². The maximum atomic E-state index is 12.0. The summed E-state index contributed by atoms with van der Waals surface area (Å²) in [5.41, 5.74) is 7.14. The second kappa shape index (κ2) is 6.06. The summed E-state index contributed by atoms with van der Waals surface area (Å²) < 4.78 is 0. The predicted octanol–water partition coefficient (Wildman–Crippen LogP) is 0.829. The lowest BCUT2D eigenvalue weighted by atomic mass is 9.79. The van der Waals surface area contributed by atoms with Crippen molar-refractivity contribution in [3.63, 3.8) is 0 Å². The molecule has 5 N–H and O–H groups in total. The molecule has 0 spiro atoms. The van der Waals surface area contributed by atoms with Crippen LogP contribution in [-0.4, -0.2) is 34.4 Å². The Hall–Kier alpha value is -1.56. The number of H-pyrrole nitrogens is 1. The fraction of sp³-hybridized carbons (Fsp3) is 0.692. The molecular weight excluding hydrogens is 244 g/mol. The molecule has 1 amide bonds. The maximum absolute atomic E-state index is 12.0. The van der Waals surface area contributed by atoms with E-state index in [1.807, 2.05) is 0 Å². The fourth-order valence-electron chi connectivity index (χ4n) is 2.71. The van der Waals surface area contributed by atoms with Gasteiger partial charge in [-0.25, -0.2) is 0 Å². The molecule has 0 saturated heterocycles. The van der Waals surface area contributed by atoms with Gasteiger partial charge in [0, 0.05) is 13.2 Å². The Labute approximate surface area is 112 Å². The summed E-state index contributed by atoms with van der Waals surface area (Å²) in [4.78, 5) is 12.0. The van der Waals surface area contributed by atoms with Crippen molar-refractivity contribution in [3.8, 4) is 0 Å². The van der Waals surface area contributed by atoms with Crippen LogP contribution in [0, 0.1) is 18.8 Å². The second-order valence-corrected chi connectivity index (χ2v) is 5.31. The van der Waals surface area contributed by atoms with Gasteiger partial charge in [-0.15, -0.1) is 0 Å². The van der Waals surface area contributed by atoms with E-state index in [1.54, 1.807) is 6.92 Å². The van der Waals surface area contributed by atoms with Gasteiger partial charge in [-0.1, -0.05) is 12.8 Å². The van der Waals surface area contributed by atoms with Crippen LogP contribution in [0.4, 0.5) is 5.69 Å². The van der Waals surface area contributed by atoms with E-state index in [9.17, 15) is 9.90 Å². The van der Waals surface area contributed by atoms with Gasteiger partial charge in [0.2, 0.25) is 0 Å². The number of hydrogen-bond acceptors (Lipinski definition) is 4. The van der Waals surface area contributed by atoms with E-state index < -0.39 is 0 Å².